The zero-order valence-corrected chi connectivity index (χ0v) is 15.2. The summed E-state index contributed by atoms with van der Waals surface area (Å²) >= 11 is 2.68. The molecule has 134 valence electrons. The lowest BCUT2D eigenvalue weighted by Gasteiger charge is -2.40. The monoisotopic (exact) mass is 451 g/mol. The molecule has 2 rings (SSSR count). The summed E-state index contributed by atoms with van der Waals surface area (Å²) in [5.74, 6) is 0. The summed E-state index contributed by atoms with van der Waals surface area (Å²) in [6.07, 6.45) is 0. The second kappa shape index (κ2) is 5.09. The van der Waals surface area contributed by atoms with E-state index in [4.69, 9.17) is 0 Å². The fraction of sp³-hybridized carbons (Fsp3) is 0.0769. The fourth-order valence-corrected chi connectivity index (χ4v) is 4.16. The Morgan fingerprint density at radius 1 is 0.958 bits per heavy atom. The molecule has 0 saturated carbocycles. The van der Waals surface area contributed by atoms with Crippen LogP contribution in [0.1, 0.15) is 5.56 Å². The molecular weight excluding hydrogens is 441 g/mol. The smallest absolute Gasteiger partial charge is 0.280 e. The Labute approximate surface area is 143 Å². The highest BCUT2D eigenvalue weighted by Crippen LogP contribution is 3.02. The van der Waals surface area contributed by atoms with E-state index in [9.17, 15) is 27.8 Å². The van der Waals surface area contributed by atoms with Crippen molar-refractivity contribution in [2.24, 2.45) is 0 Å². The summed E-state index contributed by atoms with van der Waals surface area (Å²) in [6, 6.07) is 6.72. The minimum absolute atomic E-state index is 0.0675. The molecule has 0 radical (unpaired) electrons. The van der Waals surface area contributed by atoms with Crippen LogP contribution in [0.5, 0.6) is 0 Å². The average molecular weight is 452 g/mol. The van der Waals surface area contributed by atoms with Crippen LogP contribution >= 0.6 is 26.2 Å². The van der Waals surface area contributed by atoms with Crippen LogP contribution in [0, 0.1) is 6.92 Å². The first-order valence-corrected chi connectivity index (χ1v) is 10.4. The van der Waals surface area contributed by atoms with Crippen LogP contribution in [0.25, 0.3) is 0 Å². The number of halogens is 6. The molecule has 0 fully saturated rings. The third-order valence-corrected chi connectivity index (χ3v) is 5.88. The standard InChI is InChI=1S/C13H11BrF5NO2S2/c1-9-2-4-12(5-3-9)23(21,22)20-11-6-10(14)7-13(8-11)24(15,16,17,18)19/h2-8,20H,1H3. The molecule has 11 heteroatoms. The van der Waals surface area contributed by atoms with E-state index in [-0.39, 0.29) is 21.5 Å². The van der Waals surface area contributed by atoms with Gasteiger partial charge in [0, 0.05) is 4.47 Å². The van der Waals surface area contributed by atoms with Gasteiger partial charge in [0.25, 0.3) is 10.0 Å². The van der Waals surface area contributed by atoms with E-state index < -0.39 is 30.8 Å². The number of sulfonamides is 1. The number of hydrogen-bond acceptors (Lipinski definition) is 2. The van der Waals surface area contributed by atoms with Gasteiger partial charge in [-0.25, -0.2) is 8.42 Å². The lowest BCUT2D eigenvalue weighted by molar-refractivity contribution is 0.364. The Morgan fingerprint density at radius 2 is 1.50 bits per heavy atom. The van der Waals surface area contributed by atoms with Crippen LogP contribution in [0.4, 0.5) is 25.1 Å². The molecule has 0 bridgehead atoms. The Morgan fingerprint density at radius 3 is 2.00 bits per heavy atom. The normalized spacial score (nSPS) is 15.5. The molecule has 0 aliphatic rings. The first-order valence-electron chi connectivity index (χ1n) is 6.21. The lowest BCUT2D eigenvalue weighted by Crippen LogP contribution is -2.14. The Kier molecular flexibility index (Phi) is 4.03. The predicted molar refractivity (Wildman–Crippen MR) is 87.5 cm³/mol. The molecule has 0 atom stereocenters. The van der Waals surface area contributed by atoms with Crippen LogP contribution in [-0.4, -0.2) is 8.42 Å². The van der Waals surface area contributed by atoms with Crippen molar-refractivity contribution >= 4 is 41.9 Å². The maximum absolute atomic E-state index is 12.9. The molecule has 24 heavy (non-hydrogen) atoms. The molecule has 3 nitrogen and oxygen atoms in total. The van der Waals surface area contributed by atoms with Gasteiger partial charge in [-0.2, -0.15) is 0 Å². The SMILES string of the molecule is Cc1ccc(S(=O)(=O)Nc2cc(Br)cc(S(F)(F)(F)(F)F)c2)cc1. The molecule has 0 aliphatic heterocycles. The van der Waals surface area contributed by atoms with Crippen LogP contribution in [0.15, 0.2) is 56.7 Å². The molecule has 0 aromatic heterocycles. The van der Waals surface area contributed by atoms with Crippen molar-refractivity contribution in [1.82, 2.24) is 0 Å². The summed E-state index contributed by atoms with van der Waals surface area (Å²) in [5.41, 5.74) is 0.146. The van der Waals surface area contributed by atoms with Crippen molar-refractivity contribution in [3.8, 4) is 0 Å². The highest BCUT2D eigenvalue weighted by molar-refractivity contribution is 9.10. The maximum Gasteiger partial charge on any atom is 0.310 e. The Balaban J connectivity index is 2.48. The van der Waals surface area contributed by atoms with E-state index in [0.29, 0.717) is 0 Å². The molecule has 2 aromatic carbocycles. The van der Waals surface area contributed by atoms with Gasteiger partial charge in [-0.3, -0.25) is 4.72 Å². The zero-order chi connectivity index (χ0) is 18.5. The van der Waals surface area contributed by atoms with E-state index in [1.54, 1.807) is 6.92 Å². The summed E-state index contributed by atoms with van der Waals surface area (Å²) < 4.78 is 90.4. The average Bonchev–Trinajstić information content (AvgIpc) is 2.35. The molecule has 0 spiro atoms. The van der Waals surface area contributed by atoms with E-state index in [0.717, 1.165) is 11.6 Å². The molecular formula is C13H11BrF5NO2S2. The van der Waals surface area contributed by atoms with Gasteiger partial charge < -0.3 is 0 Å². The molecule has 0 amide bonds. The minimum Gasteiger partial charge on any atom is -0.280 e. The third-order valence-electron chi connectivity index (χ3n) is 2.90. The fourth-order valence-electron chi connectivity index (χ4n) is 1.78. The van der Waals surface area contributed by atoms with Gasteiger partial charge in [-0.05, 0) is 37.3 Å². The first-order chi connectivity index (χ1) is 10.6. The largest absolute Gasteiger partial charge is 0.310 e. The highest BCUT2D eigenvalue weighted by Gasteiger charge is 2.65. The van der Waals surface area contributed by atoms with Crippen molar-refractivity contribution in [3.63, 3.8) is 0 Å². The van der Waals surface area contributed by atoms with Crippen molar-refractivity contribution in [2.45, 2.75) is 16.7 Å². The minimum atomic E-state index is -9.94. The second-order valence-corrected chi connectivity index (χ2v) is 10.1. The lowest BCUT2D eigenvalue weighted by atomic mass is 10.2. The van der Waals surface area contributed by atoms with Crippen molar-refractivity contribution in [3.05, 3.63) is 52.5 Å². The Bertz CT molecular complexity index is 897. The van der Waals surface area contributed by atoms with E-state index in [1.165, 1.54) is 24.3 Å². The van der Waals surface area contributed by atoms with Gasteiger partial charge in [-0.15, -0.1) is 0 Å². The molecule has 0 unspecified atom stereocenters. The van der Waals surface area contributed by atoms with Gasteiger partial charge in [-0.1, -0.05) is 53.1 Å². The summed E-state index contributed by atoms with van der Waals surface area (Å²) in [4.78, 5) is -2.40. The molecule has 1 N–H and O–H groups in total. The topological polar surface area (TPSA) is 46.2 Å². The van der Waals surface area contributed by atoms with E-state index in [2.05, 4.69) is 15.9 Å². The quantitative estimate of drug-likeness (QED) is 0.561. The second-order valence-electron chi connectivity index (χ2n) is 5.06. The number of nitrogens with one attached hydrogen (secondary N) is 1. The van der Waals surface area contributed by atoms with Crippen LogP contribution in [0.3, 0.4) is 0 Å². The number of hydrogen-bond donors (Lipinski definition) is 1. The highest BCUT2D eigenvalue weighted by atomic mass is 79.9. The van der Waals surface area contributed by atoms with Crippen LogP contribution in [0.2, 0.25) is 0 Å². The van der Waals surface area contributed by atoms with Crippen molar-refractivity contribution < 1.29 is 27.8 Å². The van der Waals surface area contributed by atoms with Gasteiger partial charge in [0.05, 0.1) is 10.6 Å². The summed E-state index contributed by atoms with van der Waals surface area (Å²) in [7, 11) is -14.2. The van der Waals surface area contributed by atoms with Crippen LogP contribution < -0.4 is 4.72 Å². The molecule has 0 heterocycles. The van der Waals surface area contributed by atoms with E-state index >= 15 is 0 Å². The van der Waals surface area contributed by atoms with Crippen molar-refractivity contribution in [2.75, 3.05) is 4.72 Å². The third kappa shape index (κ3) is 4.61. The molecule has 0 aliphatic carbocycles. The van der Waals surface area contributed by atoms with Gasteiger partial charge in [0.1, 0.15) is 4.90 Å². The number of anilines is 1. The maximum atomic E-state index is 12.9. The Hall–Kier alpha value is -1.33. The van der Waals surface area contributed by atoms with E-state index in [1.807, 2.05) is 4.72 Å². The van der Waals surface area contributed by atoms with Gasteiger partial charge in [0.15, 0.2) is 0 Å². The van der Waals surface area contributed by atoms with Crippen molar-refractivity contribution in [1.29, 1.82) is 0 Å². The summed E-state index contributed by atoms with van der Waals surface area (Å²) in [5, 5.41) is 0. The van der Waals surface area contributed by atoms with Gasteiger partial charge >= 0.3 is 10.2 Å². The molecule has 2 aromatic rings. The van der Waals surface area contributed by atoms with Gasteiger partial charge in [0.2, 0.25) is 0 Å². The zero-order valence-electron chi connectivity index (χ0n) is 11.9. The van der Waals surface area contributed by atoms with Crippen LogP contribution in [-0.2, 0) is 10.0 Å². The number of aryl methyl sites for hydroxylation is 1. The first kappa shape index (κ1) is 19.0. The molecule has 0 saturated heterocycles. The predicted octanol–water partition coefficient (Wildman–Crippen LogP) is 6.22. The number of benzene rings is 2. The number of rotatable bonds is 4. The summed E-state index contributed by atoms with van der Waals surface area (Å²) in [6.45, 7) is 1.72.